The van der Waals surface area contributed by atoms with Gasteiger partial charge in [-0.3, -0.25) is 4.79 Å². The highest BCUT2D eigenvalue weighted by atomic mass is 79.9. The molecule has 2 aromatic rings. The lowest BCUT2D eigenvalue weighted by molar-refractivity contribution is 0.0940. The molecule has 0 saturated carbocycles. The summed E-state index contributed by atoms with van der Waals surface area (Å²) in [6.45, 7) is 2.59. The summed E-state index contributed by atoms with van der Waals surface area (Å²) in [4.78, 5) is 12.2. The fourth-order valence-electron chi connectivity index (χ4n) is 2.13. The molecule has 21 heavy (non-hydrogen) atoms. The summed E-state index contributed by atoms with van der Waals surface area (Å²) in [7, 11) is 0. The van der Waals surface area contributed by atoms with E-state index in [1.165, 1.54) is 0 Å². The van der Waals surface area contributed by atoms with Gasteiger partial charge in [0.1, 0.15) is 0 Å². The lowest BCUT2D eigenvalue weighted by atomic mass is 10.1. The van der Waals surface area contributed by atoms with E-state index in [2.05, 4.69) is 21.2 Å². The van der Waals surface area contributed by atoms with Crippen molar-refractivity contribution in [1.29, 1.82) is 0 Å². The van der Waals surface area contributed by atoms with E-state index in [1.54, 1.807) is 0 Å². The number of hydrogen-bond acceptors (Lipinski definition) is 2. The lowest BCUT2D eigenvalue weighted by Gasteiger charge is -2.15. The van der Waals surface area contributed by atoms with Gasteiger partial charge in [0.25, 0.3) is 5.91 Å². The molecule has 110 valence electrons. The SMILES string of the molecule is C[C@H](NC(=O)c1ccc(CCN)cc1)c1cccc(Br)c1. The average Bonchev–Trinajstić information content (AvgIpc) is 2.48. The molecule has 0 spiro atoms. The van der Waals surface area contributed by atoms with Crippen LogP contribution in [0.15, 0.2) is 53.0 Å². The number of carbonyl (C=O) groups is 1. The van der Waals surface area contributed by atoms with Crippen LogP contribution in [0.4, 0.5) is 0 Å². The number of hydrogen-bond donors (Lipinski definition) is 2. The van der Waals surface area contributed by atoms with Crippen molar-refractivity contribution in [2.45, 2.75) is 19.4 Å². The molecule has 3 N–H and O–H groups in total. The highest BCUT2D eigenvalue weighted by Gasteiger charge is 2.11. The second-order valence-corrected chi connectivity index (χ2v) is 5.90. The second kappa shape index (κ2) is 7.38. The number of halogens is 1. The quantitative estimate of drug-likeness (QED) is 0.871. The standard InChI is InChI=1S/C17H19BrN2O/c1-12(15-3-2-4-16(18)11-15)20-17(21)14-7-5-13(6-8-14)9-10-19/h2-8,11-12H,9-10,19H2,1H3,(H,20,21)/t12-/m0/s1. The van der Waals surface area contributed by atoms with Crippen LogP contribution in [0.5, 0.6) is 0 Å². The van der Waals surface area contributed by atoms with E-state index < -0.39 is 0 Å². The summed E-state index contributed by atoms with van der Waals surface area (Å²) >= 11 is 3.44. The van der Waals surface area contributed by atoms with Gasteiger partial charge in [-0.1, -0.05) is 40.2 Å². The van der Waals surface area contributed by atoms with E-state index in [0.717, 1.165) is 22.0 Å². The maximum absolute atomic E-state index is 12.2. The van der Waals surface area contributed by atoms with Gasteiger partial charge in [-0.2, -0.15) is 0 Å². The van der Waals surface area contributed by atoms with E-state index in [9.17, 15) is 4.79 Å². The van der Waals surface area contributed by atoms with Crippen LogP contribution < -0.4 is 11.1 Å². The van der Waals surface area contributed by atoms with Crippen LogP contribution in [0.3, 0.4) is 0 Å². The third kappa shape index (κ3) is 4.41. The fraction of sp³-hybridized carbons (Fsp3) is 0.235. The average molecular weight is 347 g/mol. The fourth-order valence-corrected chi connectivity index (χ4v) is 2.55. The Labute approximate surface area is 133 Å². The van der Waals surface area contributed by atoms with Gasteiger partial charge in [0.2, 0.25) is 0 Å². The summed E-state index contributed by atoms with van der Waals surface area (Å²) < 4.78 is 1.01. The van der Waals surface area contributed by atoms with Crippen LogP contribution in [-0.2, 0) is 6.42 Å². The van der Waals surface area contributed by atoms with Crippen LogP contribution in [0.2, 0.25) is 0 Å². The van der Waals surface area contributed by atoms with E-state index in [1.807, 2.05) is 55.5 Å². The van der Waals surface area contributed by atoms with Gasteiger partial charge in [-0.15, -0.1) is 0 Å². The molecule has 2 rings (SSSR count). The largest absolute Gasteiger partial charge is 0.346 e. The zero-order chi connectivity index (χ0) is 15.2. The zero-order valence-electron chi connectivity index (χ0n) is 12.0. The zero-order valence-corrected chi connectivity index (χ0v) is 13.6. The van der Waals surface area contributed by atoms with Crippen molar-refractivity contribution in [2.24, 2.45) is 5.73 Å². The summed E-state index contributed by atoms with van der Waals surface area (Å²) in [5.74, 6) is -0.0678. The molecule has 3 nitrogen and oxygen atoms in total. The van der Waals surface area contributed by atoms with Crippen LogP contribution in [0.1, 0.15) is 34.5 Å². The molecule has 4 heteroatoms. The van der Waals surface area contributed by atoms with Gasteiger partial charge < -0.3 is 11.1 Å². The van der Waals surface area contributed by atoms with Crippen molar-refractivity contribution in [1.82, 2.24) is 5.32 Å². The van der Waals surface area contributed by atoms with Gasteiger partial charge in [-0.25, -0.2) is 0 Å². The maximum Gasteiger partial charge on any atom is 0.251 e. The van der Waals surface area contributed by atoms with Crippen LogP contribution in [0, 0.1) is 0 Å². The first-order chi connectivity index (χ1) is 10.1. The van der Waals surface area contributed by atoms with Crippen LogP contribution >= 0.6 is 15.9 Å². The Balaban J connectivity index is 2.03. The molecule has 0 heterocycles. The van der Waals surface area contributed by atoms with Crippen molar-refractivity contribution in [2.75, 3.05) is 6.54 Å². The molecule has 0 fully saturated rings. The Morgan fingerprint density at radius 1 is 1.24 bits per heavy atom. The lowest BCUT2D eigenvalue weighted by Crippen LogP contribution is -2.26. The van der Waals surface area contributed by atoms with Crippen molar-refractivity contribution in [3.05, 3.63) is 69.7 Å². The van der Waals surface area contributed by atoms with Crippen molar-refractivity contribution >= 4 is 21.8 Å². The van der Waals surface area contributed by atoms with E-state index in [4.69, 9.17) is 5.73 Å². The molecule has 0 saturated heterocycles. The highest BCUT2D eigenvalue weighted by Crippen LogP contribution is 2.18. The molecular formula is C17H19BrN2O. The van der Waals surface area contributed by atoms with Crippen molar-refractivity contribution in [3.8, 4) is 0 Å². The Morgan fingerprint density at radius 3 is 2.57 bits per heavy atom. The molecule has 2 aromatic carbocycles. The molecule has 0 aliphatic rings. The number of nitrogens with one attached hydrogen (secondary N) is 1. The first kappa shape index (κ1) is 15.7. The van der Waals surface area contributed by atoms with Crippen LogP contribution in [-0.4, -0.2) is 12.5 Å². The Bertz CT molecular complexity index is 610. The molecule has 1 amide bonds. The predicted molar refractivity (Wildman–Crippen MR) is 89.2 cm³/mol. The first-order valence-corrected chi connectivity index (χ1v) is 7.75. The Hall–Kier alpha value is -1.65. The minimum atomic E-state index is -0.0678. The molecule has 0 unspecified atom stereocenters. The summed E-state index contributed by atoms with van der Waals surface area (Å²) in [6.07, 6.45) is 0.830. The molecule has 0 radical (unpaired) electrons. The molecule has 0 aliphatic carbocycles. The molecule has 1 atom stereocenters. The number of amides is 1. The third-order valence-electron chi connectivity index (χ3n) is 3.35. The minimum Gasteiger partial charge on any atom is -0.346 e. The van der Waals surface area contributed by atoms with Crippen molar-refractivity contribution < 1.29 is 4.79 Å². The highest BCUT2D eigenvalue weighted by molar-refractivity contribution is 9.10. The Morgan fingerprint density at radius 2 is 1.95 bits per heavy atom. The normalized spacial score (nSPS) is 12.0. The summed E-state index contributed by atoms with van der Waals surface area (Å²) in [5.41, 5.74) is 8.40. The monoisotopic (exact) mass is 346 g/mol. The number of rotatable bonds is 5. The number of carbonyl (C=O) groups excluding carboxylic acids is 1. The topological polar surface area (TPSA) is 55.1 Å². The first-order valence-electron chi connectivity index (χ1n) is 6.95. The van der Waals surface area contributed by atoms with Gasteiger partial charge in [0.05, 0.1) is 6.04 Å². The molecule has 0 aromatic heterocycles. The predicted octanol–water partition coefficient (Wildman–Crippen LogP) is 3.44. The number of benzene rings is 2. The van der Waals surface area contributed by atoms with Crippen molar-refractivity contribution in [3.63, 3.8) is 0 Å². The van der Waals surface area contributed by atoms with Gasteiger partial charge in [0.15, 0.2) is 0 Å². The van der Waals surface area contributed by atoms with Gasteiger partial charge >= 0.3 is 0 Å². The number of nitrogens with two attached hydrogens (primary N) is 1. The van der Waals surface area contributed by atoms with Gasteiger partial charge in [-0.05, 0) is 55.3 Å². The summed E-state index contributed by atoms with van der Waals surface area (Å²) in [6, 6.07) is 15.5. The van der Waals surface area contributed by atoms with Gasteiger partial charge in [0, 0.05) is 10.0 Å². The molecule has 0 aliphatic heterocycles. The third-order valence-corrected chi connectivity index (χ3v) is 3.84. The van der Waals surface area contributed by atoms with E-state index in [0.29, 0.717) is 12.1 Å². The maximum atomic E-state index is 12.2. The molecular weight excluding hydrogens is 328 g/mol. The van der Waals surface area contributed by atoms with E-state index in [-0.39, 0.29) is 11.9 Å². The second-order valence-electron chi connectivity index (χ2n) is 4.99. The smallest absolute Gasteiger partial charge is 0.251 e. The van der Waals surface area contributed by atoms with Crippen LogP contribution in [0.25, 0.3) is 0 Å². The van der Waals surface area contributed by atoms with E-state index >= 15 is 0 Å². The molecule has 0 bridgehead atoms. The summed E-state index contributed by atoms with van der Waals surface area (Å²) in [5, 5.41) is 3.01. The Kier molecular flexibility index (Phi) is 5.53. The minimum absolute atomic E-state index is 0.0429.